The molecule has 0 radical (unpaired) electrons. The topological polar surface area (TPSA) is 109 Å². The van der Waals surface area contributed by atoms with E-state index in [9.17, 15) is 19.7 Å². The van der Waals surface area contributed by atoms with Crippen molar-refractivity contribution in [3.8, 4) is 0 Å². The third-order valence-electron chi connectivity index (χ3n) is 3.05. The minimum Gasteiger partial charge on any atom is -0.469 e. The van der Waals surface area contributed by atoms with Crippen molar-refractivity contribution in [2.45, 2.75) is 13.5 Å². The van der Waals surface area contributed by atoms with Crippen LogP contribution in [-0.2, 0) is 6.54 Å². The first-order valence-corrected chi connectivity index (χ1v) is 6.05. The van der Waals surface area contributed by atoms with E-state index < -0.39 is 22.1 Å². The van der Waals surface area contributed by atoms with Crippen molar-refractivity contribution in [1.29, 1.82) is 0 Å². The number of aromatic nitrogens is 1. The standard InChI is InChI=1S/C13H13N3O5/c1-8-9(3-4-21-8)7-15(2)13(18)10-5-11(16(19)20)12(17)14-6-10/h3-6H,7H2,1-2H3,(H,14,17). The first-order valence-electron chi connectivity index (χ1n) is 6.05. The lowest BCUT2D eigenvalue weighted by Crippen LogP contribution is -2.27. The minimum absolute atomic E-state index is 0.0462. The van der Waals surface area contributed by atoms with E-state index in [1.54, 1.807) is 20.0 Å². The summed E-state index contributed by atoms with van der Waals surface area (Å²) in [6.07, 6.45) is 2.68. The first-order chi connectivity index (χ1) is 9.90. The molecule has 110 valence electrons. The number of carbonyl (C=O) groups excluding carboxylic acids is 1. The molecular weight excluding hydrogens is 278 g/mol. The van der Waals surface area contributed by atoms with Gasteiger partial charge in [-0.25, -0.2) is 0 Å². The number of carbonyl (C=O) groups is 1. The zero-order chi connectivity index (χ0) is 15.6. The number of aryl methyl sites for hydroxylation is 1. The van der Waals surface area contributed by atoms with Crippen LogP contribution in [0.25, 0.3) is 0 Å². The van der Waals surface area contributed by atoms with E-state index in [0.717, 1.165) is 17.8 Å². The maximum Gasteiger partial charge on any atom is 0.334 e. The second-order valence-corrected chi connectivity index (χ2v) is 4.52. The van der Waals surface area contributed by atoms with Gasteiger partial charge in [-0.15, -0.1) is 0 Å². The molecule has 0 aromatic carbocycles. The Labute approximate surface area is 119 Å². The van der Waals surface area contributed by atoms with Gasteiger partial charge in [0.25, 0.3) is 5.91 Å². The third-order valence-corrected chi connectivity index (χ3v) is 3.05. The van der Waals surface area contributed by atoms with Crippen molar-refractivity contribution in [3.05, 3.63) is 61.9 Å². The lowest BCUT2D eigenvalue weighted by Gasteiger charge is -2.16. The molecule has 2 aromatic rings. The summed E-state index contributed by atoms with van der Waals surface area (Å²) in [6.45, 7) is 2.08. The summed E-state index contributed by atoms with van der Waals surface area (Å²) in [5.74, 6) is 0.261. The molecule has 0 atom stereocenters. The van der Waals surface area contributed by atoms with Crippen molar-refractivity contribution in [2.24, 2.45) is 0 Å². The molecule has 21 heavy (non-hydrogen) atoms. The van der Waals surface area contributed by atoms with Gasteiger partial charge in [-0.2, -0.15) is 0 Å². The lowest BCUT2D eigenvalue weighted by molar-refractivity contribution is -0.386. The fraction of sp³-hybridized carbons (Fsp3) is 0.231. The molecule has 1 N–H and O–H groups in total. The summed E-state index contributed by atoms with van der Waals surface area (Å²) in [5, 5.41) is 10.7. The Morgan fingerprint density at radius 1 is 1.52 bits per heavy atom. The quantitative estimate of drug-likeness (QED) is 0.677. The van der Waals surface area contributed by atoms with Crippen molar-refractivity contribution >= 4 is 11.6 Å². The fourth-order valence-corrected chi connectivity index (χ4v) is 1.85. The SMILES string of the molecule is Cc1occc1CN(C)C(=O)c1c[nH]c(=O)c([N+](=O)[O-])c1. The second-order valence-electron chi connectivity index (χ2n) is 4.52. The number of nitro groups is 1. The van der Waals surface area contributed by atoms with Crippen LogP contribution in [0.2, 0.25) is 0 Å². The monoisotopic (exact) mass is 291 g/mol. The molecule has 0 spiro atoms. The normalized spacial score (nSPS) is 10.4. The van der Waals surface area contributed by atoms with E-state index in [0.29, 0.717) is 12.3 Å². The number of hydrogen-bond donors (Lipinski definition) is 1. The molecule has 0 saturated heterocycles. The van der Waals surface area contributed by atoms with Crippen molar-refractivity contribution < 1.29 is 14.1 Å². The van der Waals surface area contributed by atoms with Crippen molar-refractivity contribution in [3.63, 3.8) is 0 Å². The van der Waals surface area contributed by atoms with E-state index in [4.69, 9.17) is 4.42 Å². The van der Waals surface area contributed by atoms with Gasteiger partial charge in [0.15, 0.2) is 0 Å². The van der Waals surface area contributed by atoms with Crippen molar-refractivity contribution in [2.75, 3.05) is 7.05 Å². The van der Waals surface area contributed by atoms with E-state index in [1.165, 1.54) is 11.2 Å². The van der Waals surface area contributed by atoms with Gasteiger partial charge < -0.3 is 14.3 Å². The number of nitrogens with zero attached hydrogens (tertiary/aromatic N) is 2. The van der Waals surface area contributed by atoms with Gasteiger partial charge >= 0.3 is 11.2 Å². The van der Waals surface area contributed by atoms with Crippen LogP contribution in [0.4, 0.5) is 5.69 Å². The highest BCUT2D eigenvalue weighted by atomic mass is 16.6. The summed E-state index contributed by atoms with van der Waals surface area (Å²) < 4.78 is 5.14. The molecule has 2 heterocycles. The van der Waals surface area contributed by atoms with Gasteiger partial charge in [0.1, 0.15) is 5.76 Å². The molecule has 1 amide bonds. The molecule has 0 aliphatic heterocycles. The molecule has 0 unspecified atom stereocenters. The van der Waals surface area contributed by atoms with E-state index >= 15 is 0 Å². The Kier molecular flexibility index (Phi) is 3.88. The number of pyridine rings is 1. The van der Waals surface area contributed by atoms with E-state index in [1.807, 2.05) is 0 Å². The molecule has 0 fully saturated rings. The maximum absolute atomic E-state index is 12.2. The molecule has 0 bridgehead atoms. The van der Waals surface area contributed by atoms with Crippen LogP contribution in [0.3, 0.4) is 0 Å². The Hall–Kier alpha value is -2.90. The fourth-order valence-electron chi connectivity index (χ4n) is 1.85. The Morgan fingerprint density at radius 3 is 2.81 bits per heavy atom. The van der Waals surface area contributed by atoms with Gasteiger partial charge in [-0.1, -0.05) is 0 Å². The first kappa shape index (κ1) is 14.5. The van der Waals surface area contributed by atoms with Crippen LogP contribution < -0.4 is 5.56 Å². The second kappa shape index (κ2) is 5.61. The predicted molar refractivity (Wildman–Crippen MR) is 73.0 cm³/mol. The van der Waals surface area contributed by atoms with Gasteiger partial charge in [0, 0.05) is 31.4 Å². The summed E-state index contributed by atoms with van der Waals surface area (Å²) in [7, 11) is 1.56. The van der Waals surface area contributed by atoms with Gasteiger partial charge in [0.2, 0.25) is 0 Å². The van der Waals surface area contributed by atoms with E-state index in [-0.39, 0.29) is 5.56 Å². The highest BCUT2D eigenvalue weighted by Crippen LogP contribution is 2.14. The van der Waals surface area contributed by atoms with Gasteiger partial charge in [-0.05, 0) is 13.0 Å². The number of amides is 1. The number of nitrogens with one attached hydrogen (secondary N) is 1. The maximum atomic E-state index is 12.2. The summed E-state index contributed by atoms with van der Waals surface area (Å²) in [4.78, 5) is 37.0. The molecule has 8 nitrogen and oxygen atoms in total. The zero-order valence-electron chi connectivity index (χ0n) is 11.5. The van der Waals surface area contributed by atoms with Gasteiger partial charge in [-0.3, -0.25) is 19.7 Å². The van der Waals surface area contributed by atoms with Crippen LogP contribution in [0.1, 0.15) is 21.7 Å². The average Bonchev–Trinajstić information content (AvgIpc) is 2.83. The van der Waals surface area contributed by atoms with Crippen LogP contribution >= 0.6 is 0 Å². The smallest absolute Gasteiger partial charge is 0.334 e. The Bertz CT molecular complexity index is 746. The third kappa shape index (κ3) is 2.99. The van der Waals surface area contributed by atoms with Crippen LogP contribution in [0.15, 0.2) is 33.8 Å². The van der Waals surface area contributed by atoms with Gasteiger partial charge in [0.05, 0.1) is 16.7 Å². The summed E-state index contributed by atoms with van der Waals surface area (Å²) in [5.41, 5.74) is -0.617. The summed E-state index contributed by atoms with van der Waals surface area (Å²) >= 11 is 0. The molecule has 0 saturated carbocycles. The van der Waals surface area contributed by atoms with E-state index in [2.05, 4.69) is 4.98 Å². The largest absolute Gasteiger partial charge is 0.469 e. The van der Waals surface area contributed by atoms with Crippen LogP contribution in [0, 0.1) is 17.0 Å². The number of aromatic amines is 1. The average molecular weight is 291 g/mol. The number of H-pyrrole nitrogens is 1. The van der Waals surface area contributed by atoms with Crippen LogP contribution in [-0.4, -0.2) is 27.8 Å². The predicted octanol–water partition coefficient (Wildman–Crippen LogP) is 1.46. The molecule has 0 aliphatic rings. The zero-order valence-corrected chi connectivity index (χ0v) is 11.5. The van der Waals surface area contributed by atoms with Crippen LogP contribution in [0.5, 0.6) is 0 Å². The molecular formula is C13H13N3O5. The summed E-state index contributed by atoms with van der Waals surface area (Å²) in [6, 6.07) is 2.72. The highest BCUT2D eigenvalue weighted by Gasteiger charge is 2.19. The Balaban J connectivity index is 2.23. The number of rotatable bonds is 4. The molecule has 2 rings (SSSR count). The molecule has 2 aromatic heterocycles. The Morgan fingerprint density at radius 2 is 2.24 bits per heavy atom. The highest BCUT2D eigenvalue weighted by molar-refractivity contribution is 5.94. The van der Waals surface area contributed by atoms with Crippen molar-refractivity contribution in [1.82, 2.24) is 9.88 Å². The minimum atomic E-state index is -0.843. The molecule has 0 aliphatic carbocycles. The molecule has 8 heteroatoms. The number of furan rings is 1. The lowest BCUT2D eigenvalue weighted by atomic mass is 10.2. The number of hydrogen-bond acceptors (Lipinski definition) is 5.